The molecule has 0 aromatic carbocycles. The molecule has 116 valence electrons. The molecule has 2 N–H and O–H groups in total. The summed E-state index contributed by atoms with van der Waals surface area (Å²) in [6, 6.07) is 3.35. The van der Waals surface area contributed by atoms with E-state index in [1.165, 1.54) is 0 Å². The number of nitrogens with zero attached hydrogens (tertiary/aromatic N) is 1. The molecule has 0 radical (unpaired) electrons. The van der Waals surface area contributed by atoms with E-state index in [1.807, 2.05) is 36.0 Å². The maximum absolute atomic E-state index is 12.6. The summed E-state index contributed by atoms with van der Waals surface area (Å²) in [7, 11) is 0. The maximum Gasteiger partial charge on any atom is 0.329 e. The molecule has 1 saturated heterocycles. The fourth-order valence-corrected chi connectivity index (χ4v) is 2.68. The van der Waals surface area contributed by atoms with Crippen molar-refractivity contribution in [2.24, 2.45) is 0 Å². The Kier molecular flexibility index (Phi) is 5.01. The molecule has 1 fully saturated rings. The molecule has 1 atom stereocenters. The normalized spacial score (nSPS) is 18.9. The summed E-state index contributed by atoms with van der Waals surface area (Å²) in [6.07, 6.45) is 5.79. The number of nitrogens with one attached hydrogen (secondary N) is 1. The Morgan fingerprint density at radius 3 is 2.48 bits per heavy atom. The van der Waals surface area contributed by atoms with Crippen LogP contribution in [0, 0.1) is 0 Å². The van der Waals surface area contributed by atoms with Crippen LogP contribution in [-0.4, -0.2) is 40.3 Å². The predicted octanol–water partition coefficient (Wildman–Crippen LogP) is 1.58. The summed E-state index contributed by atoms with van der Waals surface area (Å²) >= 11 is 0. The molecule has 0 bridgehead atoms. The Labute approximate surface area is 124 Å². The average Bonchev–Trinajstić information content (AvgIpc) is 2.99. The van der Waals surface area contributed by atoms with Crippen LogP contribution in [0.15, 0.2) is 24.5 Å². The van der Waals surface area contributed by atoms with Gasteiger partial charge in [-0.1, -0.05) is 13.3 Å². The minimum Gasteiger partial charge on any atom is -0.480 e. The average molecular weight is 294 g/mol. The number of rotatable bonds is 6. The van der Waals surface area contributed by atoms with Gasteiger partial charge in [-0.05, 0) is 18.6 Å². The van der Waals surface area contributed by atoms with Gasteiger partial charge < -0.3 is 19.7 Å². The smallest absolute Gasteiger partial charge is 0.329 e. The van der Waals surface area contributed by atoms with Gasteiger partial charge in [-0.25, -0.2) is 4.79 Å². The van der Waals surface area contributed by atoms with E-state index in [4.69, 9.17) is 4.74 Å². The quantitative estimate of drug-likeness (QED) is 0.834. The second kappa shape index (κ2) is 6.76. The molecule has 1 aliphatic rings. The Morgan fingerprint density at radius 1 is 1.33 bits per heavy atom. The van der Waals surface area contributed by atoms with Crippen LogP contribution in [0.5, 0.6) is 0 Å². The lowest BCUT2D eigenvalue weighted by Gasteiger charge is -2.35. The second-order valence-corrected chi connectivity index (χ2v) is 5.42. The highest BCUT2D eigenvalue weighted by Crippen LogP contribution is 2.23. The number of carbonyl (C=O) groups is 2. The van der Waals surface area contributed by atoms with Crippen molar-refractivity contribution in [2.45, 2.75) is 44.2 Å². The van der Waals surface area contributed by atoms with Gasteiger partial charge in [0.15, 0.2) is 0 Å². The number of carbonyl (C=O) groups excluding carboxylic acids is 1. The summed E-state index contributed by atoms with van der Waals surface area (Å²) in [6.45, 7) is 2.72. The third kappa shape index (κ3) is 3.44. The molecule has 1 aromatic rings. The van der Waals surface area contributed by atoms with E-state index in [-0.39, 0.29) is 11.9 Å². The SMILES string of the molecule is CCC[C@@H](C(=O)NC1(C(=O)O)CCOCC1)n1cccc1. The second-order valence-electron chi connectivity index (χ2n) is 5.42. The van der Waals surface area contributed by atoms with E-state index in [9.17, 15) is 14.7 Å². The monoisotopic (exact) mass is 294 g/mol. The third-order valence-electron chi connectivity index (χ3n) is 3.97. The molecule has 0 aliphatic carbocycles. The summed E-state index contributed by atoms with van der Waals surface area (Å²) in [5.74, 6) is -1.22. The molecule has 6 heteroatoms. The van der Waals surface area contributed by atoms with E-state index >= 15 is 0 Å². The number of carboxylic acids is 1. The van der Waals surface area contributed by atoms with Crippen molar-refractivity contribution in [3.05, 3.63) is 24.5 Å². The molecule has 21 heavy (non-hydrogen) atoms. The van der Waals surface area contributed by atoms with Gasteiger partial charge in [-0.3, -0.25) is 4.79 Å². The lowest BCUT2D eigenvalue weighted by atomic mass is 9.89. The Balaban J connectivity index is 2.14. The highest BCUT2D eigenvalue weighted by atomic mass is 16.5. The number of carboxylic acid groups (broad SMARTS) is 1. The molecule has 1 amide bonds. The lowest BCUT2D eigenvalue weighted by molar-refractivity contribution is -0.152. The van der Waals surface area contributed by atoms with Gasteiger partial charge in [0.1, 0.15) is 11.6 Å². The van der Waals surface area contributed by atoms with Crippen LogP contribution < -0.4 is 5.32 Å². The van der Waals surface area contributed by atoms with Gasteiger partial charge in [-0.2, -0.15) is 0 Å². The topological polar surface area (TPSA) is 80.6 Å². The van der Waals surface area contributed by atoms with Crippen LogP contribution in [0.4, 0.5) is 0 Å². The first kappa shape index (κ1) is 15.6. The zero-order valence-corrected chi connectivity index (χ0v) is 12.2. The van der Waals surface area contributed by atoms with Crippen LogP contribution in [0.3, 0.4) is 0 Å². The van der Waals surface area contributed by atoms with Gasteiger partial charge in [-0.15, -0.1) is 0 Å². The Bertz CT molecular complexity index is 478. The first-order chi connectivity index (χ1) is 10.1. The van der Waals surface area contributed by atoms with Crippen molar-refractivity contribution in [2.75, 3.05) is 13.2 Å². The molecule has 0 saturated carbocycles. The summed E-state index contributed by atoms with van der Waals surface area (Å²) in [4.78, 5) is 24.2. The molecule has 6 nitrogen and oxygen atoms in total. The van der Waals surface area contributed by atoms with Gasteiger partial charge >= 0.3 is 5.97 Å². The standard InChI is InChI=1S/C15H22N2O4/c1-2-5-12(17-8-3-4-9-17)13(18)16-15(14(19)20)6-10-21-11-7-15/h3-4,8-9,12H,2,5-7,10-11H2,1H3,(H,16,18)(H,19,20)/t12-/m0/s1. The van der Waals surface area contributed by atoms with Gasteiger partial charge in [0.05, 0.1) is 0 Å². The molecular formula is C15H22N2O4. The highest BCUT2D eigenvalue weighted by molar-refractivity contribution is 5.89. The number of aliphatic carboxylic acids is 1. The minimum atomic E-state index is -1.20. The zero-order chi connectivity index (χ0) is 15.3. The van der Waals surface area contributed by atoms with E-state index in [0.717, 1.165) is 6.42 Å². The summed E-state index contributed by atoms with van der Waals surface area (Å²) in [5.41, 5.74) is -1.20. The largest absolute Gasteiger partial charge is 0.480 e. The van der Waals surface area contributed by atoms with Gasteiger partial charge in [0.2, 0.25) is 5.91 Å². The zero-order valence-electron chi connectivity index (χ0n) is 12.2. The van der Waals surface area contributed by atoms with Crippen molar-refractivity contribution in [3.8, 4) is 0 Å². The molecule has 2 rings (SSSR count). The molecule has 0 unspecified atom stereocenters. The molecule has 2 heterocycles. The van der Waals surface area contributed by atoms with E-state index in [0.29, 0.717) is 32.5 Å². The van der Waals surface area contributed by atoms with Crippen molar-refractivity contribution in [1.82, 2.24) is 9.88 Å². The van der Waals surface area contributed by atoms with Crippen molar-refractivity contribution >= 4 is 11.9 Å². The van der Waals surface area contributed by atoms with Crippen LogP contribution in [-0.2, 0) is 14.3 Å². The lowest BCUT2D eigenvalue weighted by Crippen LogP contribution is -2.58. The highest BCUT2D eigenvalue weighted by Gasteiger charge is 2.42. The fraction of sp³-hybridized carbons (Fsp3) is 0.600. The number of aromatic nitrogens is 1. The fourth-order valence-electron chi connectivity index (χ4n) is 2.68. The Morgan fingerprint density at radius 2 is 1.95 bits per heavy atom. The first-order valence-corrected chi connectivity index (χ1v) is 7.34. The Hall–Kier alpha value is -1.82. The van der Waals surface area contributed by atoms with Crippen molar-refractivity contribution in [3.63, 3.8) is 0 Å². The van der Waals surface area contributed by atoms with Crippen LogP contribution in [0.2, 0.25) is 0 Å². The van der Waals surface area contributed by atoms with Crippen molar-refractivity contribution in [1.29, 1.82) is 0 Å². The molecule has 0 spiro atoms. The number of hydrogen-bond donors (Lipinski definition) is 2. The van der Waals surface area contributed by atoms with Gasteiger partial charge in [0, 0.05) is 38.4 Å². The van der Waals surface area contributed by atoms with E-state index in [1.54, 1.807) is 0 Å². The number of hydrogen-bond acceptors (Lipinski definition) is 3. The van der Waals surface area contributed by atoms with Crippen LogP contribution in [0.25, 0.3) is 0 Å². The third-order valence-corrected chi connectivity index (χ3v) is 3.97. The molecule has 1 aliphatic heterocycles. The predicted molar refractivity (Wildman–Crippen MR) is 76.9 cm³/mol. The minimum absolute atomic E-state index is 0.239. The number of amides is 1. The summed E-state index contributed by atoms with van der Waals surface area (Å²) < 4.78 is 7.04. The first-order valence-electron chi connectivity index (χ1n) is 7.34. The van der Waals surface area contributed by atoms with Gasteiger partial charge in [0.25, 0.3) is 0 Å². The van der Waals surface area contributed by atoms with E-state index in [2.05, 4.69) is 5.32 Å². The maximum atomic E-state index is 12.6. The molecule has 1 aromatic heterocycles. The summed E-state index contributed by atoms with van der Waals surface area (Å²) in [5, 5.41) is 12.3. The van der Waals surface area contributed by atoms with E-state index < -0.39 is 11.5 Å². The van der Waals surface area contributed by atoms with Crippen molar-refractivity contribution < 1.29 is 19.4 Å². The molecular weight excluding hydrogens is 272 g/mol. The van der Waals surface area contributed by atoms with Crippen LogP contribution >= 0.6 is 0 Å². The number of ether oxygens (including phenoxy) is 1. The van der Waals surface area contributed by atoms with Crippen LogP contribution in [0.1, 0.15) is 38.6 Å².